The maximum absolute atomic E-state index is 11.0. The topological polar surface area (TPSA) is 86.5 Å². The summed E-state index contributed by atoms with van der Waals surface area (Å²) in [5, 5.41) is 7.54. The zero-order valence-corrected chi connectivity index (χ0v) is 8.31. The van der Waals surface area contributed by atoms with Gasteiger partial charge < -0.3 is 4.74 Å². The molecule has 0 saturated carbocycles. The molecular formula is C6H7NO4S2. The molecule has 7 heteroatoms. The molecule has 5 nitrogen and oxygen atoms in total. The molecule has 0 amide bonds. The molecule has 0 fully saturated rings. The van der Waals surface area contributed by atoms with Crippen molar-refractivity contribution in [2.45, 2.75) is 4.90 Å². The monoisotopic (exact) mass is 221 g/mol. The molecule has 13 heavy (non-hydrogen) atoms. The van der Waals surface area contributed by atoms with Crippen molar-refractivity contribution in [1.29, 1.82) is 0 Å². The SMILES string of the molecule is COC(=O)c1cscc1S(N)(=O)=O. The maximum Gasteiger partial charge on any atom is 0.340 e. The molecule has 0 aliphatic carbocycles. The van der Waals surface area contributed by atoms with Gasteiger partial charge in [-0.1, -0.05) is 0 Å². The van der Waals surface area contributed by atoms with Crippen LogP contribution in [0.25, 0.3) is 0 Å². The van der Waals surface area contributed by atoms with E-state index in [0.717, 1.165) is 11.3 Å². The van der Waals surface area contributed by atoms with Crippen molar-refractivity contribution in [2.24, 2.45) is 5.14 Å². The Balaban J connectivity index is 3.26. The summed E-state index contributed by atoms with van der Waals surface area (Å²) in [7, 11) is -2.66. The Hall–Kier alpha value is -0.920. The van der Waals surface area contributed by atoms with E-state index >= 15 is 0 Å². The molecule has 0 aromatic carbocycles. The van der Waals surface area contributed by atoms with Gasteiger partial charge in [-0.15, -0.1) is 0 Å². The first-order valence-electron chi connectivity index (χ1n) is 3.14. The van der Waals surface area contributed by atoms with Crippen LogP contribution in [0.3, 0.4) is 0 Å². The average molecular weight is 221 g/mol. The minimum absolute atomic E-state index is 0.0185. The quantitative estimate of drug-likeness (QED) is 0.722. The fourth-order valence-corrected chi connectivity index (χ4v) is 2.67. The lowest BCUT2D eigenvalue weighted by molar-refractivity contribution is 0.0597. The zero-order valence-electron chi connectivity index (χ0n) is 6.68. The number of hydrogen-bond acceptors (Lipinski definition) is 5. The second-order valence-corrected chi connectivity index (χ2v) is 4.46. The number of primary sulfonamides is 1. The van der Waals surface area contributed by atoms with Gasteiger partial charge in [0, 0.05) is 10.8 Å². The van der Waals surface area contributed by atoms with Crippen molar-refractivity contribution in [3.8, 4) is 0 Å². The Morgan fingerprint density at radius 1 is 1.54 bits per heavy atom. The fourth-order valence-electron chi connectivity index (χ4n) is 0.764. The Morgan fingerprint density at radius 2 is 2.15 bits per heavy atom. The normalized spacial score (nSPS) is 11.2. The molecule has 0 aliphatic heterocycles. The number of carbonyl (C=O) groups excluding carboxylic acids is 1. The lowest BCUT2D eigenvalue weighted by Crippen LogP contribution is -2.15. The minimum atomic E-state index is -3.84. The summed E-state index contributed by atoms with van der Waals surface area (Å²) in [4.78, 5) is 10.8. The molecule has 0 spiro atoms. The highest BCUT2D eigenvalue weighted by Gasteiger charge is 2.20. The number of rotatable bonds is 2. The number of hydrogen-bond donors (Lipinski definition) is 1. The van der Waals surface area contributed by atoms with E-state index in [1.165, 1.54) is 17.9 Å². The van der Waals surface area contributed by atoms with Crippen LogP contribution in [0.5, 0.6) is 0 Å². The van der Waals surface area contributed by atoms with Gasteiger partial charge in [0.15, 0.2) is 0 Å². The third-order valence-electron chi connectivity index (χ3n) is 1.34. The number of carbonyl (C=O) groups is 1. The fraction of sp³-hybridized carbons (Fsp3) is 0.167. The van der Waals surface area contributed by atoms with Gasteiger partial charge in [0.05, 0.1) is 12.7 Å². The van der Waals surface area contributed by atoms with E-state index in [-0.39, 0.29) is 10.5 Å². The van der Waals surface area contributed by atoms with Crippen LogP contribution < -0.4 is 5.14 Å². The summed E-state index contributed by atoms with van der Waals surface area (Å²) >= 11 is 1.08. The van der Waals surface area contributed by atoms with Crippen molar-refractivity contribution in [3.63, 3.8) is 0 Å². The van der Waals surface area contributed by atoms with Crippen LogP contribution in [0.1, 0.15) is 10.4 Å². The molecule has 0 saturated heterocycles. The summed E-state index contributed by atoms with van der Waals surface area (Å²) in [5.41, 5.74) is -0.0185. The summed E-state index contributed by atoms with van der Waals surface area (Å²) in [5.74, 6) is -0.703. The zero-order chi connectivity index (χ0) is 10.1. The van der Waals surface area contributed by atoms with E-state index in [1.54, 1.807) is 0 Å². The van der Waals surface area contributed by atoms with E-state index in [4.69, 9.17) is 5.14 Å². The third kappa shape index (κ3) is 2.06. The minimum Gasteiger partial charge on any atom is -0.465 e. The van der Waals surface area contributed by atoms with Gasteiger partial charge in [0.1, 0.15) is 4.90 Å². The number of thiophene rings is 1. The number of esters is 1. The highest BCUT2D eigenvalue weighted by molar-refractivity contribution is 7.89. The van der Waals surface area contributed by atoms with Crippen molar-refractivity contribution < 1.29 is 17.9 Å². The molecule has 0 aliphatic rings. The Kier molecular flexibility index (Phi) is 2.69. The van der Waals surface area contributed by atoms with Gasteiger partial charge in [-0.25, -0.2) is 18.4 Å². The molecule has 1 aromatic rings. The number of sulfonamides is 1. The van der Waals surface area contributed by atoms with E-state index in [0.29, 0.717) is 0 Å². The van der Waals surface area contributed by atoms with Crippen LogP contribution in [0, 0.1) is 0 Å². The van der Waals surface area contributed by atoms with Crippen molar-refractivity contribution in [3.05, 3.63) is 16.3 Å². The van der Waals surface area contributed by atoms with Crippen LogP contribution in [0.2, 0.25) is 0 Å². The van der Waals surface area contributed by atoms with E-state index in [9.17, 15) is 13.2 Å². The van der Waals surface area contributed by atoms with Crippen LogP contribution in [0.15, 0.2) is 15.7 Å². The smallest absolute Gasteiger partial charge is 0.340 e. The third-order valence-corrected chi connectivity index (χ3v) is 3.18. The second-order valence-electron chi connectivity index (χ2n) is 2.19. The number of ether oxygens (including phenoxy) is 1. The van der Waals surface area contributed by atoms with Gasteiger partial charge >= 0.3 is 5.97 Å². The van der Waals surface area contributed by atoms with E-state index in [2.05, 4.69) is 4.74 Å². The molecule has 72 valence electrons. The molecular weight excluding hydrogens is 214 g/mol. The first kappa shape index (κ1) is 10.2. The lowest BCUT2D eigenvalue weighted by atomic mass is 10.3. The van der Waals surface area contributed by atoms with E-state index in [1.807, 2.05) is 0 Å². The molecule has 1 rings (SSSR count). The molecule has 2 N–H and O–H groups in total. The number of methoxy groups -OCH3 is 1. The maximum atomic E-state index is 11.0. The second kappa shape index (κ2) is 3.44. The van der Waals surface area contributed by atoms with Crippen molar-refractivity contribution >= 4 is 27.3 Å². The standard InChI is InChI=1S/C6H7NO4S2/c1-11-6(8)4-2-12-3-5(4)13(7,9)10/h2-3H,1H3,(H2,7,9,10). The van der Waals surface area contributed by atoms with Gasteiger partial charge in [0.25, 0.3) is 0 Å². The first-order valence-corrected chi connectivity index (χ1v) is 5.63. The Morgan fingerprint density at radius 3 is 2.62 bits per heavy atom. The summed E-state index contributed by atoms with van der Waals surface area (Å²) < 4.78 is 26.2. The van der Waals surface area contributed by atoms with Gasteiger partial charge in [0.2, 0.25) is 10.0 Å². The van der Waals surface area contributed by atoms with Crippen LogP contribution >= 0.6 is 11.3 Å². The Bertz CT molecular complexity index is 420. The molecule has 0 atom stereocenters. The molecule has 0 radical (unpaired) electrons. The molecule has 0 unspecified atom stereocenters. The lowest BCUT2D eigenvalue weighted by Gasteiger charge is -1.98. The molecule has 0 bridgehead atoms. The van der Waals surface area contributed by atoms with Crippen LogP contribution in [-0.4, -0.2) is 21.5 Å². The van der Waals surface area contributed by atoms with Gasteiger partial charge in [-0.3, -0.25) is 0 Å². The summed E-state index contributed by atoms with van der Waals surface area (Å²) in [6.45, 7) is 0. The molecule has 1 aromatic heterocycles. The summed E-state index contributed by atoms with van der Waals surface area (Å²) in [6, 6.07) is 0. The van der Waals surface area contributed by atoms with Crippen molar-refractivity contribution in [2.75, 3.05) is 7.11 Å². The average Bonchev–Trinajstić information content (AvgIpc) is 2.49. The highest BCUT2D eigenvalue weighted by Crippen LogP contribution is 2.19. The number of nitrogens with two attached hydrogens (primary N) is 1. The van der Waals surface area contributed by atoms with Gasteiger partial charge in [-0.2, -0.15) is 11.3 Å². The Labute approximate surface area is 79.2 Å². The predicted octanol–water partition coefficient (Wildman–Crippen LogP) is 0.182. The van der Waals surface area contributed by atoms with E-state index < -0.39 is 16.0 Å². The van der Waals surface area contributed by atoms with Crippen molar-refractivity contribution in [1.82, 2.24) is 0 Å². The van der Waals surface area contributed by atoms with Crippen LogP contribution in [-0.2, 0) is 14.8 Å². The largest absolute Gasteiger partial charge is 0.465 e. The summed E-state index contributed by atoms with van der Waals surface area (Å²) in [6.07, 6.45) is 0. The van der Waals surface area contributed by atoms with Gasteiger partial charge in [-0.05, 0) is 0 Å². The first-order chi connectivity index (χ1) is 5.96. The highest BCUT2D eigenvalue weighted by atomic mass is 32.2. The predicted molar refractivity (Wildman–Crippen MR) is 47.0 cm³/mol. The van der Waals surface area contributed by atoms with Crippen LogP contribution in [0.4, 0.5) is 0 Å². The molecule has 1 heterocycles.